The van der Waals surface area contributed by atoms with Crippen molar-refractivity contribution < 1.29 is 9.53 Å². The van der Waals surface area contributed by atoms with Crippen LogP contribution in [0.1, 0.15) is 34.1 Å². The lowest BCUT2D eigenvalue weighted by molar-refractivity contribution is -0.151. The van der Waals surface area contributed by atoms with Gasteiger partial charge in [0, 0.05) is 0 Å². The van der Waals surface area contributed by atoms with Crippen LogP contribution in [0.2, 0.25) is 0 Å². The summed E-state index contributed by atoms with van der Waals surface area (Å²) < 4.78 is 5.06. The molecule has 65 valence electrons. The SMILES string of the molecule is C[CH][C@H](C)OC(=O)C(C)CC. The van der Waals surface area contributed by atoms with E-state index in [1.54, 1.807) is 0 Å². The molecule has 0 N–H and O–H groups in total. The molecule has 2 heteroatoms. The second-order valence-corrected chi connectivity index (χ2v) is 2.78. The Morgan fingerprint density at radius 2 is 2.09 bits per heavy atom. The average molecular weight is 157 g/mol. The highest BCUT2D eigenvalue weighted by molar-refractivity contribution is 5.72. The predicted octanol–water partition coefficient (Wildman–Crippen LogP) is 2.19. The fourth-order valence-electron chi connectivity index (χ4n) is 0.534. The van der Waals surface area contributed by atoms with Crippen molar-refractivity contribution in [1.29, 1.82) is 0 Å². The Morgan fingerprint density at radius 3 is 2.45 bits per heavy atom. The standard InChI is InChI=1S/C9H17O2/c1-5-7(3)9(10)11-8(4)6-2/h6-8H,5H2,1-4H3/t7?,8-/m0/s1. The highest BCUT2D eigenvalue weighted by Crippen LogP contribution is 2.06. The number of hydrogen-bond acceptors (Lipinski definition) is 2. The molecule has 0 aromatic rings. The van der Waals surface area contributed by atoms with Crippen LogP contribution in [0.4, 0.5) is 0 Å². The summed E-state index contributed by atoms with van der Waals surface area (Å²) in [6.07, 6.45) is 2.65. The monoisotopic (exact) mass is 157 g/mol. The molecule has 0 aliphatic heterocycles. The third-order valence-corrected chi connectivity index (χ3v) is 1.79. The first-order valence-corrected chi connectivity index (χ1v) is 4.11. The first-order chi connectivity index (χ1) is 5.11. The van der Waals surface area contributed by atoms with E-state index in [9.17, 15) is 4.79 Å². The normalized spacial score (nSPS) is 15.6. The topological polar surface area (TPSA) is 26.3 Å². The van der Waals surface area contributed by atoms with Crippen LogP contribution in [0.3, 0.4) is 0 Å². The van der Waals surface area contributed by atoms with Crippen LogP contribution in [0.5, 0.6) is 0 Å². The zero-order chi connectivity index (χ0) is 8.85. The Bertz CT molecular complexity index is 121. The number of esters is 1. The number of rotatable bonds is 4. The molecule has 0 aromatic carbocycles. The van der Waals surface area contributed by atoms with Crippen LogP contribution in [-0.2, 0) is 9.53 Å². The van der Waals surface area contributed by atoms with Crippen LogP contribution in [0, 0.1) is 12.3 Å². The van der Waals surface area contributed by atoms with Gasteiger partial charge in [-0.1, -0.05) is 20.8 Å². The quantitative estimate of drug-likeness (QED) is 0.585. The van der Waals surface area contributed by atoms with E-state index in [0.29, 0.717) is 0 Å². The number of carbonyl (C=O) groups excluding carboxylic acids is 1. The average Bonchev–Trinajstić information content (AvgIpc) is 2.02. The fourth-order valence-corrected chi connectivity index (χ4v) is 0.534. The lowest BCUT2D eigenvalue weighted by atomic mass is 10.1. The van der Waals surface area contributed by atoms with Crippen LogP contribution in [0.25, 0.3) is 0 Å². The highest BCUT2D eigenvalue weighted by Gasteiger charge is 2.13. The minimum Gasteiger partial charge on any atom is -0.462 e. The van der Waals surface area contributed by atoms with Crippen molar-refractivity contribution in [1.82, 2.24) is 0 Å². The maximum Gasteiger partial charge on any atom is 0.308 e. The molecule has 0 spiro atoms. The van der Waals surface area contributed by atoms with Gasteiger partial charge in [-0.05, 0) is 19.8 Å². The Kier molecular flexibility index (Phi) is 4.92. The largest absolute Gasteiger partial charge is 0.462 e. The van der Waals surface area contributed by atoms with Crippen molar-refractivity contribution in [3.05, 3.63) is 6.42 Å². The van der Waals surface area contributed by atoms with Gasteiger partial charge < -0.3 is 4.74 Å². The Labute approximate surface area is 68.9 Å². The number of hydrogen-bond donors (Lipinski definition) is 0. The molecule has 0 fully saturated rings. The zero-order valence-electron chi connectivity index (χ0n) is 7.76. The molecule has 2 nitrogen and oxygen atoms in total. The van der Waals surface area contributed by atoms with Crippen molar-refractivity contribution in [3.63, 3.8) is 0 Å². The molecule has 0 aliphatic rings. The molecule has 2 atom stereocenters. The lowest BCUT2D eigenvalue weighted by Gasteiger charge is -2.13. The van der Waals surface area contributed by atoms with Crippen molar-refractivity contribution in [3.8, 4) is 0 Å². The second-order valence-electron chi connectivity index (χ2n) is 2.78. The lowest BCUT2D eigenvalue weighted by Crippen LogP contribution is -2.19. The van der Waals surface area contributed by atoms with Gasteiger partial charge in [0.1, 0.15) is 6.10 Å². The van der Waals surface area contributed by atoms with Crippen molar-refractivity contribution in [2.45, 2.75) is 40.2 Å². The Morgan fingerprint density at radius 1 is 1.55 bits per heavy atom. The van der Waals surface area contributed by atoms with E-state index in [2.05, 4.69) is 0 Å². The van der Waals surface area contributed by atoms with E-state index in [0.717, 1.165) is 6.42 Å². The van der Waals surface area contributed by atoms with Crippen molar-refractivity contribution in [2.24, 2.45) is 5.92 Å². The molecule has 0 bridgehead atoms. The van der Waals surface area contributed by atoms with Gasteiger partial charge in [0.15, 0.2) is 0 Å². The van der Waals surface area contributed by atoms with Gasteiger partial charge in [-0.15, -0.1) is 0 Å². The van der Waals surface area contributed by atoms with Crippen molar-refractivity contribution in [2.75, 3.05) is 0 Å². The zero-order valence-corrected chi connectivity index (χ0v) is 7.76. The van der Waals surface area contributed by atoms with E-state index in [4.69, 9.17) is 4.74 Å². The van der Waals surface area contributed by atoms with Gasteiger partial charge >= 0.3 is 5.97 Å². The van der Waals surface area contributed by atoms with Gasteiger partial charge in [-0.3, -0.25) is 4.79 Å². The third-order valence-electron chi connectivity index (χ3n) is 1.79. The maximum absolute atomic E-state index is 11.1. The van der Waals surface area contributed by atoms with Crippen LogP contribution >= 0.6 is 0 Å². The number of ether oxygens (including phenoxy) is 1. The van der Waals surface area contributed by atoms with Gasteiger partial charge in [-0.25, -0.2) is 0 Å². The minimum atomic E-state index is -0.0990. The molecule has 0 amide bonds. The minimum absolute atomic E-state index is 0.0254. The Hall–Kier alpha value is -0.530. The molecule has 0 heterocycles. The van der Waals surface area contributed by atoms with E-state index >= 15 is 0 Å². The van der Waals surface area contributed by atoms with Crippen LogP contribution in [-0.4, -0.2) is 12.1 Å². The molecule has 0 saturated heterocycles. The molecular weight excluding hydrogens is 140 g/mol. The molecule has 0 aliphatic carbocycles. The van der Waals surface area contributed by atoms with Gasteiger partial charge in [-0.2, -0.15) is 0 Å². The molecule has 1 unspecified atom stereocenters. The molecule has 0 aromatic heterocycles. The number of carbonyl (C=O) groups is 1. The smallest absolute Gasteiger partial charge is 0.308 e. The van der Waals surface area contributed by atoms with Crippen molar-refractivity contribution >= 4 is 5.97 Å². The second kappa shape index (κ2) is 5.16. The Balaban J connectivity index is 3.68. The predicted molar refractivity (Wildman–Crippen MR) is 45.0 cm³/mol. The summed E-state index contributed by atoms with van der Waals surface area (Å²) in [5.41, 5.74) is 0. The first kappa shape index (κ1) is 10.5. The van der Waals surface area contributed by atoms with Gasteiger partial charge in [0.05, 0.1) is 5.92 Å². The van der Waals surface area contributed by atoms with Crippen LogP contribution < -0.4 is 0 Å². The van der Waals surface area contributed by atoms with Gasteiger partial charge in [0.25, 0.3) is 0 Å². The van der Waals surface area contributed by atoms with Gasteiger partial charge in [0.2, 0.25) is 0 Å². The molecular formula is C9H17O2. The summed E-state index contributed by atoms with van der Waals surface area (Å²) in [6, 6.07) is 0. The highest BCUT2D eigenvalue weighted by atomic mass is 16.5. The van der Waals surface area contributed by atoms with E-state index < -0.39 is 0 Å². The molecule has 0 saturated carbocycles. The van der Waals surface area contributed by atoms with E-state index in [-0.39, 0.29) is 18.0 Å². The maximum atomic E-state index is 11.1. The summed E-state index contributed by atoms with van der Waals surface area (Å²) >= 11 is 0. The summed E-state index contributed by atoms with van der Waals surface area (Å²) in [4.78, 5) is 11.1. The molecule has 1 radical (unpaired) electrons. The third kappa shape index (κ3) is 4.02. The fraction of sp³-hybridized carbons (Fsp3) is 0.778. The summed E-state index contributed by atoms with van der Waals surface area (Å²) in [6.45, 7) is 7.60. The molecule has 0 rings (SSSR count). The van der Waals surface area contributed by atoms with E-state index in [1.807, 2.05) is 34.1 Å². The van der Waals surface area contributed by atoms with Crippen LogP contribution in [0.15, 0.2) is 0 Å². The summed E-state index contributed by atoms with van der Waals surface area (Å²) in [7, 11) is 0. The molecule has 11 heavy (non-hydrogen) atoms. The summed E-state index contributed by atoms with van der Waals surface area (Å²) in [5.74, 6) is -0.0736. The first-order valence-electron chi connectivity index (χ1n) is 4.11. The van der Waals surface area contributed by atoms with E-state index in [1.165, 1.54) is 0 Å². The summed E-state index contributed by atoms with van der Waals surface area (Å²) in [5, 5.41) is 0.